The Morgan fingerprint density at radius 2 is 1.58 bits per heavy atom. The van der Waals surface area contributed by atoms with Crippen LogP contribution in [0.3, 0.4) is 0 Å². The first-order valence-corrected chi connectivity index (χ1v) is 7.71. The summed E-state index contributed by atoms with van der Waals surface area (Å²) < 4.78 is 27.2. The van der Waals surface area contributed by atoms with Gasteiger partial charge in [0.25, 0.3) is 0 Å². The largest absolute Gasteiger partial charge is 0.453 e. The highest BCUT2D eigenvalue weighted by atomic mass is 16.7. The number of hydrogen-bond donors (Lipinski definition) is 2. The molecule has 3 aliphatic heterocycles. The van der Waals surface area contributed by atoms with Crippen molar-refractivity contribution < 1.29 is 33.3 Å². The molecule has 3 fully saturated rings. The number of carbonyl (C=O) groups excluding carboxylic acids is 2. The molecule has 0 aromatic heterocycles. The van der Waals surface area contributed by atoms with Gasteiger partial charge < -0.3 is 34.3 Å². The molecule has 136 valence electrons. The molecule has 3 saturated heterocycles. The van der Waals surface area contributed by atoms with Crippen LogP contribution in [0.25, 0.3) is 0 Å². The van der Waals surface area contributed by atoms with Crippen LogP contribution >= 0.6 is 0 Å². The number of carbonyl (C=O) groups is 2. The van der Waals surface area contributed by atoms with E-state index in [0.29, 0.717) is 6.61 Å². The highest BCUT2D eigenvalue weighted by Crippen LogP contribution is 2.48. The number of ether oxygens (including phenoxy) is 5. The monoisotopic (exact) mass is 345 g/mol. The highest BCUT2D eigenvalue weighted by molar-refractivity contribution is 5.67. The third-order valence-corrected chi connectivity index (χ3v) is 4.64. The predicted octanol–water partition coefficient (Wildman–Crippen LogP) is -0.413. The van der Waals surface area contributed by atoms with Crippen molar-refractivity contribution in [1.82, 2.24) is 15.5 Å². The van der Waals surface area contributed by atoms with Gasteiger partial charge in [-0.1, -0.05) is 0 Å². The topological polar surface area (TPSA) is 108 Å². The SMILES string of the molecule is COC(=O)NC[C@]1(C)O[C@H]2CO[C@@H]3N2[C@H]1O[C@@]3(C)CNC(=O)OC. The summed E-state index contributed by atoms with van der Waals surface area (Å²) in [6.07, 6.45) is -2.11. The number of rotatable bonds is 4. The second-order valence-electron chi connectivity index (χ2n) is 6.49. The third kappa shape index (κ3) is 2.69. The molecule has 0 radical (unpaired) electrons. The van der Waals surface area contributed by atoms with Crippen LogP contribution in [0.5, 0.6) is 0 Å². The van der Waals surface area contributed by atoms with Crippen molar-refractivity contribution in [3.05, 3.63) is 0 Å². The zero-order chi connectivity index (χ0) is 17.5. The van der Waals surface area contributed by atoms with Crippen LogP contribution in [-0.4, -0.2) is 80.9 Å². The molecule has 5 atom stereocenters. The van der Waals surface area contributed by atoms with Crippen molar-refractivity contribution in [3.63, 3.8) is 0 Å². The van der Waals surface area contributed by atoms with E-state index in [1.807, 2.05) is 18.7 Å². The molecule has 2 N–H and O–H groups in total. The summed E-state index contributed by atoms with van der Waals surface area (Å²) in [5.41, 5.74) is -1.52. The summed E-state index contributed by atoms with van der Waals surface area (Å²) in [6.45, 7) is 4.58. The number of methoxy groups -OCH3 is 2. The van der Waals surface area contributed by atoms with E-state index in [1.54, 1.807) is 0 Å². The first kappa shape index (κ1) is 17.2. The maximum Gasteiger partial charge on any atom is 0.406 e. The predicted molar refractivity (Wildman–Crippen MR) is 79.0 cm³/mol. The van der Waals surface area contributed by atoms with E-state index < -0.39 is 29.6 Å². The summed E-state index contributed by atoms with van der Waals surface area (Å²) in [5, 5.41) is 5.30. The van der Waals surface area contributed by atoms with E-state index in [0.717, 1.165) is 0 Å². The number of nitrogens with one attached hydrogen (secondary N) is 2. The summed E-state index contributed by atoms with van der Waals surface area (Å²) in [4.78, 5) is 24.7. The maximum atomic E-state index is 11.4. The van der Waals surface area contributed by atoms with Gasteiger partial charge in [0, 0.05) is 0 Å². The third-order valence-electron chi connectivity index (χ3n) is 4.64. The Hall–Kier alpha value is -1.62. The van der Waals surface area contributed by atoms with Crippen LogP contribution in [0.15, 0.2) is 0 Å². The number of alkyl carbamates (subject to hydrolysis) is 2. The van der Waals surface area contributed by atoms with Crippen molar-refractivity contribution in [2.45, 2.75) is 43.7 Å². The summed E-state index contributed by atoms with van der Waals surface area (Å²) in [5.74, 6) is 0. The molecule has 0 aromatic rings. The Bertz CT molecular complexity index is 512. The van der Waals surface area contributed by atoms with Crippen molar-refractivity contribution in [2.24, 2.45) is 0 Å². The minimum Gasteiger partial charge on any atom is -0.453 e. The number of hydrogen-bond acceptors (Lipinski definition) is 8. The average Bonchev–Trinajstić information content (AvgIpc) is 3.18. The second-order valence-corrected chi connectivity index (χ2v) is 6.49. The molecular weight excluding hydrogens is 322 g/mol. The fraction of sp³-hybridized carbons (Fsp3) is 0.857. The van der Waals surface area contributed by atoms with Gasteiger partial charge >= 0.3 is 12.2 Å². The van der Waals surface area contributed by atoms with Crippen LogP contribution in [0.1, 0.15) is 13.8 Å². The van der Waals surface area contributed by atoms with Gasteiger partial charge in [0.2, 0.25) is 0 Å². The van der Waals surface area contributed by atoms with E-state index in [-0.39, 0.29) is 25.5 Å². The van der Waals surface area contributed by atoms with E-state index in [1.165, 1.54) is 14.2 Å². The lowest BCUT2D eigenvalue weighted by molar-refractivity contribution is -0.126. The summed E-state index contributed by atoms with van der Waals surface area (Å²) in [6, 6.07) is 0. The van der Waals surface area contributed by atoms with Gasteiger partial charge in [0.15, 0.2) is 0 Å². The standard InChI is InChI=1S/C14H23N3O7/c1-13(6-15-11(18)20-3)9-17-8(5-22-9)23-14(2,10(17)24-13)7-16-12(19)21-4/h8-10H,5-7H2,1-4H3,(H,15,18)(H,16,19)/t8-,9-,10-,13-,14-/m0/s1. The molecule has 3 heterocycles. The molecule has 10 heteroatoms. The van der Waals surface area contributed by atoms with Crippen molar-refractivity contribution in [3.8, 4) is 0 Å². The fourth-order valence-electron chi connectivity index (χ4n) is 3.44. The quantitative estimate of drug-likeness (QED) is 0.708. The molecule has 3 rings (SSSR count). The number of nitrogens with zero attached hydrogens (tertiary/aromatic N) is 1. The lowest BCUT2D eigenvalue weighted by atomic mass is 10.1. The van der Waals surface area contributed by atoms with Crippen LogP contribution in [-0.2, 0) is 23.7 Å². The van der Waals surface area contributed by atoms with Crippen LogP contribution in [0.4, 0.5) is 9.59 Å². The lowest BCUT2D eigenvalue weighted by Crippen LogP contribution is -2.51. The van der Waals surface area contributed by atoms with Crippen molar-refractivity contribution >= 4 is 12.2 Å². The Morgan fingerprint density at radius 3 is 2.12 bits per heavy atom. The molecule has 0 unspecified atom stereocenters. The van der Waals surface area contributed by atoms with E-state index in [2.05, 4.69) is 20.1 Å². The molecule has 24 heavy (non-hydrogen) atoms. The van der Waals surface area contributed by atoms with Crippen molar-refractivity contribution in [1.29, 1.82) is 0 Å². The first-order valence-electron chi connectivity index (χ1n) is 7.71. The summed E-state index contributed by atoms with van der Waals surface area (Å²) in [7, 11) is 2.60. The minimum atomic E-state index is -0.760. The molecule has 0 aliphatic carbocycles. The molecule has 0 bridgehead atoms. The smallest absolute Gasteiger partial charge is 0.406 e. The van der Waals surface area contributed by atoms with E-state index >= 15 is 0 Å². The molecule has 3 aliphatic rings. The Balaban J connectivity index is 1.72. The van der Waals surface area contributed by atoms with Gasteiger partial charge in [-0.05, 0) is 13.8 Å². The summed E-state index contributed by atoms with van der Waals surface area (Å²) >= 11 is 0. The molecule has 2 amide bonds. The van der Waals surface area contributed by atoms with Crippen LogP contribution < -0.4 is 10.6 Å². The second kappa shape index (κ2) is 6.03. The molecular formula is C14H23N3O7. The molecule has 0 spiro atoms. The van der Waals surface area contributed by atoms with Gasteiger partial charge in [-0.3, -0.25) is 0 Å². The number of amides is 2. The van der Waals surface area contributed by atoms with Gasteiger partial charge in [-0.25, -0.2) is 14.5 Å². The zero-order valence-corrected chi connectivity index (χ0v) is 14.2. The lowest BCUT2D eigenvalue weighted by Gasteiger charge is -2.32. The zero-order valence-electron chi connectivity index (χ0n) is 14.2. The normalized spacial score (nSPS) is 40.2. The molecule has 10 nitrogen and oxygen atoms in total. The fourth-order valence-corrected chi connectivity index (χ4v) is 3.44. The average molecular weight is 345 g/mol. The van der Waals surface area contributed by atoms with Crippen LogP contribution in [0.2, 0.25) is 0 Å². The first-order chi connectivity index (χ1) is 11.3. The highest BCUT2D eigenvalue weighted by Gasteiger charge is 2.67. The Labute approximate surface area is 139 Å². The minimum absolute atomic E-state index is 0.227. The Kier molecular flexibility index (Phi) is 4.32. The van der Waals surface area contributed by atoms with Gasteiger partial charge in [0.1, 0.15) is 29.9 Å². The molecule has 0 aromatic carbocycles. The Morgan fingerprint density at radius 1 is 1.04 bits per heavy atom. The van der Waals surface area contributed by atoms with Crippen molar-refractivity contribution in [2.75, 3.05) is 33.9 Å². The van der Waals surface area contributed by atoms with E-state index in [9.17, 15) is 9.59 Å². The van der Waals surface area contributed by atoms with Crippen LogP contribution in [0, 0.1) is 0 Å². The molecule has 0 saturated carbocycles. The van der Waals surface area contributed by atoms with E-state index in [4.69, 9.17) is 14.2 Å². The van der Waals surface area contributed by atoms with Gasteiger partial charge in [-0.15, -0.1) is 0 Å². The van der Waals surface area contributed by atoms with Gasteiger partial charge in [0.05, 0.1) is 33.9 Å². The van der Waals surface area contributed by atoms with Gasteiger partial charge in [-0.2, -0.15) is 0 Å². The maximum absolute atomic E-state index is 11.4.